The lowest BCUT2D eigenvalue weighted by atomic mass is 10.1. The van der Waals surface area contributed by atoms with Crippen LogP contribution < -0.4 is 14.8 Å². The zero-order valence-corrected chi connectivity index (χ0v) is 15.2. The van der Waals surface area contributed by atoms with Gasteiger partial charge in [-0.25, -0.2) is 17.5 Å². The molecule has 0 atom stereocenters. The number of methoxy groups -OCH3 is 3. The molecule has 0 saturated heterocycles. The number of rotatable bonds is 9. The summed E-state index contributed by atoms with van der Waals surface area (Å²) in [5.74, 6) is 1.21. The largest absolute Gasteiger partial charge is 0.493 e. The zero-order chi connectivity index (χ0) is 18.2. The Hall–Kier alpha value is -2.00. The molecule has 1 rings (SSSR count). The van der Waals surface area contributed by atoms with Gasteiger partial charge in [0.1, 0.15) is 0 Å². The Labute approximate surface area is 142 Å². The summed E-state index contributed by atoms with van der Waals surface area (Å²) in [4.78, 5) is 11.0. The molecule has 9 heteroatoms. The van der Waals surface area contributed by atoms with Crippen molar-refractivity contribution in [1.82, 2.24) is 9.62 Å². The van der Waals surface area contributed by atoms with Crippen LogP contribution in [0.5, 0.6) is 11.5 Å². The van der Waals surface area contributed by atoms with Gasteiger partial charge in [-0.2, -0.15) is 0 Å². The van der Waals surface area contributed by atoms with Crippen LogP contribution in [-0.2, 0) is 21.2 Å². The molecule has 0 unspecified atom stereocenters. The van der Waals surface area contributed by atoms with Crippen LogP contribution in [0.4, 0.5) is 4.79 Å². The molecule has 0 aliphatic carbocycles. The number of alkyl carbamates (subject to hydrolysis) is 1. The molecule has 0 aromatic heterocycles. The van der Waals surface area contributed by atoms with Crippen molar-refractivity contribution in [3.05, 3.63) is 23.8 Å². The first-order valence-corrected chi connectivity index (χ1v) is 9.14. The summed E-state index contributed by atoms with van der Waals surface area (Å²) in [6.07, 6.45) is 1.05. The molecule has 1 aromatic rings. The van der Waals surface area contributed by atoms with Crippen LogP contribution in [0.2, 0.25) is 0 Å². The lowest BCUT2D eigenvalue weighted by Crippen LogP contribution is -2.39. The van der Waals surface area contributed by atoms with Crippen LogP contribution in [-0.4, -0.2) is 66.0 Å². The second-order valence-corrected chi connectivity index (χ2v) is 7.00. The van der Waals surface area contributed by atoms with E-state index in [4.69, 9.17) is 9.47 Å². The maximum absolute atomic E-state index is 11.9. The summed E-state index contributed by atoms with van der Waals surface area (Å²) >= 11 is 0. The molecular weight excluding hydrogens is 336 g/mol. The highest BCUT2D eigenvalue weighted by Gasteiger charge is 2.17. The van der Waals surface area contributed by atoms with Gasteiger partial charge in [0.25, 0.3) is 0 Å². The third-order valence-corrected chi connectivity index (χ3v) is 4.69. The Bertz CT molecular complexity index is 647. The third kappa shape index (κ3) is 6.25. The molecule has 0 bridgehead atoms. The van der Waals surface area contributed by atoms with E-state index in [2.05, 4.69) is 10.1 Å². The van der Waals surface area contributed by atoms with E-state index in [0.29, 0.717) is 17.9 Å². The molecule has 0 saturated carbocycles. The fourth-order valence-electron chi connectivity index (χ4n) is 2.09. The second-order valence-electron chi connectivity index (χ2n) is 5.02. The smallest absolute Gasteiger partial charge is 0.406 e. The topological polar surface area (TPSA) is 94.2 Å². The summed E-state index contributed by atoms with van der Waals surface area (Å²) in [5.41, 5.74) is 0.919. The standard InChI is InChI=1S/C15H24N2O6S/c1-21-13-6-5-12(11-14(13)22-2)7-9-17(24(4,19)20)10-8-16-15(18)23-3/h5-6,11H,7-10H2,1-4H3,(H,16,18). The highest BCUT2D eigenvalue weighted by Crippen LogP contribution is 2.27. The van der Waals surface area contributed by atoms with Gasteiger partial charge in [-0.3, -0.25) is 0 Å². The lowest BCUT2D eigenvalue weighted by Gasteiger charge is -2.20. The number of benzene rings is 1. The first-order valence-electron chi connectivity index (χ1n) is 7.29. The van der Waals surface area contributed by atoms with Crippen LogP contribution in [0, 0.1) is 0 Å². The van der Waals surface area contributed by atoms with Gasteiger partial charge in [-0.05, 0) is 24.1 Å². The zero-order valence-electron chi connectivity index (χ0n) is 14.4. The molecule has 24 heavy (non-hydrogen) atoms. The summed E-state index contributed by atoms with van der Waals surface area (Å²) in [6, 6.07) is 5.44. The molecule has 0 radical (unpaired) electrons. The van der Waals surface area contributed by atoms with E-state index in [1.165, 1.54) is 11.4 Å². The van der Waals surface area contributed by atoms with Gasteiger partial charge in [0.2, 0.25) is 10.0 Å². The number of amides is 1. The van der Waals surface area contributed by atoms with Crippen molar-refractivity contribution in [1.29, 1.82) is 0 Å². The van der Waals surface area contributed by atoms with Crippen LogP contribution in [0.1, 0.15) is 5.56 Å². The van der Waals surface area contributed by atoms with Gasteiger partial charge < -0.3 is 19.5 Å². The quantitative estimate of drug-likeness (QED) is 0.702. The number of carbonyl (C=O) groups excluding carboxylic acids is 1. The van der Waals surface area contributed by atoms with Gasteiger partial charge in [-0.1, -0.05) is 6.07 Å². The lowest BCUT2D eigenvalue weighted by molar-refractivity contribution is 0.170. The summed E-state index contributed by atoms with van der Waals surface area (Å²) in [7, 11) is 0.965. The average Bonchev–Trinajstić information content (AvgIpc) is 2.56. The number of nitrogens with zero attached hydrogens (tertiary/aromatic N) is 1. The molecule has 0 aliphatic heterocycles. The molecule has 0 heterocycles. The number of sulfonamides is 1. The normalized spacial score (nSPS) is 11.2. The predicted octanol–water partition coefficient (Wildman–Crippen LogP) is 0.864. The Morgan fingerprint density at radius 1 is 1.12 bits per heavy atom. The van der Waals surface area contributed by atoms with Crippen molar-refractivity contribution in [3.63, 3.8) is 0 Å². The van der Waals surface area contributed by atoms with E-state index in [0.717, 1.165) is 11.8 Å². The van der Waals surface area contributed by atoms with E-state index in [1.54, 1.807) is 20.3 Å². The van der Waals surface area contributed by atoms with Crippen LogP contribution in [0.3, 0.4) is 0 Å². The number of hydrogen-bond donors (Lipinski definition) is 1. The SMILES string of the molecule is COC(=O)NCCN(CCc1ccc(OC)c(OC)c1)S(C)(=O)=O. The maximum atomic E-state index is 11.9. The average molecular weight is 360 g/mol. The predicted molar refractivity (Wildman–Crippen MR) is 90.1 cm³/mol. The molecular formula is C15H24N2O6S. The van der Waals surface area contributed by atoms with Crippen molar-refractivity contribution in [3.8, 4) is 11.5 Å². The Morgan fingerprint density at radius 3 is 2.33 bits per heavy atom. The monoisotopic (exact) mass is 360 g/mol. The highest BCUT2D eigenvalue weighted by atomic mass is 32.2. The number of carbonyl (C=O) groups is 1. The summed E-state index contributed by atoms with van der Waals surface area (Å²) < 4.78 is 39.9. The van der Waals surface area contributed by atoms with Crippen molar-refractivity contribution < 1.29 is 27.4 Å². The highest BCUT2D eigenvalue weighted by molar-refractivity contribution is 7.88. The van der Waals surface area contributed by atoms with Gasteiger partial charge >= 0.3 is 6.09 Å². The van der Waals surface area contributed by atoms with Gasteiger partial charge in [-0.15, -0.1) is 0 Å². The van der Waals surface area contributed by atoms with Crippen molar-refractivity contribution in [2.75, 3.05) is 47.2 Å². The van der Waals surface area contributed by atoms with Gasteiger partial charge in [0.05, 0.1) is 27.6 Å². The van der Waals surface area contributed by atoms with E-state index in [9.17, 15) is 13.2 Å². The van der Waals surface area contributed by atoms with Crippen molar-refractivity contribution >= 4 is 16.1 Å². The molecule has 0 fully saturated rings. The number of hydrogen-bond acceptors (Lipinski definition) is 6. The van der Waals surface area contributed by atoms with Gasteiger partial charge in [0.15, 0.2) is 11.5 Å². The van der Waals surface area contributed by atoms with Crippen molar-refractivity contribution in [2.45, 2.75) is 6.42 Å². The molecule has 1 aromatic carbocycles. The fourth-order valence-corrected chi connectivity index (χ4v) is 2.93. The number of nitrogens with one attached hydrogen (secondary N) is 1. The minimum atomic E-state index is -3.38. The maximum Gasteiger partial charge on any atom is 0.406 e. The molecule has 1 amide bonds. The molecule has 136 valence electrons. The van der Waals surface area contributed by atoms with E-state index in [1.807, 2.05) is 12.1 Å². The Kier molecular flexibility index (Phi) is 7.80. The van der Waals surface area contributed by atoms with E-state index < -0.39 is 16.1 Å². The Balaban J connectivity index is 2.70. The van der Waals surface area contributed by atoms with E-state index in [-0.39, 0.29) is 19.6 Å². The Morgan fingerprint density at radius 2 is 1.79 bits per heavy atom. The summed E-state index contributed by atoms with van der Waals surface area (Å²) in [5, 5.41) is 2.46. The number of ether oxygens (including phenoxy) is 3. The fraction of sp³-hybridized carbons (Fsp3) is 0.533. The minimum Gasteiger partial charge on any atom is -0.493 e. The van der Waals surface area contributed by atoms with Gasteiger partial charge in [0, 0.05) is 19.6 Å². The minimum absolute atomic E-state index is 0.168. The molecule has 0 aliphatic rings. The first kappa shape index (κ1) is 20.0. The molecule has 1 N–H and O–H groups in total. The second kappa shape index (κ2) is 9.33. The van der Waals surface area contributed by atoms with Crippen molar-refractivity contribution in [2.24, 2.45) is 0 Å². The first-order chi connectivity index (χ1) is 11.3. The van der Waals surface area contributed by atoms with Crippen LogP contribution in [0.25, 0.3) is 0 Å². The molecule has 8 nitrogen and oxygen atoms in total. The summed E-state index contributed by atoms with van der Waals surface area (Å²) in [6.45, 7) is 0.629. The van der Waals surface area contributed by atoms with Crippen LogP contribution >= 0.6 is 0 Å². The third-order valence-electron chi connectivity index (χ3n) is 3.38. The van der Waals surface area contributed by atoms with E-state index >= 15 is 0 Å². The van der Waals surface area contributed by atoms with Crippen LogP contribution in [0.15, 0.2) is 18.2 Å². The molecule has 0 spiro atoms.